The second-order valence-corrected chi connectivity index (χ2v) is 3.33. The first kappa shape index (κ1) is 12.5. The fourth-order valence-electron chi connectivity index (χ4n) is 0.537. The van der Waals surface area contributed by atoms with Gasteiger partial charge < -0.3 is 9.47 Å². The molecular weight excluding hydrogens is 219 g/mol. The van der Waals surface area contributed by atoms with Crippen molar-refractivity contribution in [3.05, 3.63) is 0 Å². The molecule has 0 amide bonds. The molecule has 0 rings (SSSR count). The minimum Gasteiger partial charge on any atom is -0.466 e. The van der Waals surface area contributed by atoms with Gasteiger partial charge in [-0.05, 0) is 6.92 Å². The lowest BCUT2D eigenvalue weighted by Crippen LogP contribution is -2.16. The number of halogens is 2. The van der Waals surface area contributed by atoms with Crippen LogP contribution in [0.1, 0.15) is 13.3 Å². The Morgan fingerprint density at radius 1 is 1.23 bits per heavy atom. The Kier molecular flexibility index (Phi) is 6.72. The van der Waals surface area contributed by atoms with Crippen LogP contribution >= 0.6 is 23.2 Å². The van der Waals surface area contributed by atoms with E-state index in [-0.39, 0.29) is 13.2 Å². The molecule has 0 unspecified atom stereocenters. The van der Waals surface area contributed by atoms with E-state index >= 15 is 0 Å². The third kappa shape index (κ3) is 7.87. The summed E-state index contributed by atoms with van der Waals surface area (Å²) in [7, 11) is 0. The van der Waals surface area contributed by atoms with Crippen molar-refractivity contribution in [1.29, 1.82) is 0 Å². The molecular formula is C7H10Cl2O4. The van der Waals surface area contributed by atoms with Gasteiger partial charge in [0.15, 0.2) is 0 Å². The second-order valence-electron chi connectivity index (χ2n) is 2.06. The van der Waals surface area contributed by atoms with Gasteiger partial charge in [0.25, 0.3) is 0 Å². The largest absolute Gasteiger partial charge is 0.466 e. The summed E-state index contributed by atoms with van der Waals surface area (Å²) in [5, 5.41) is 0. The van der Waals surface area contributed by atoms with E-state index in [1.54, 1.807) is 6.92 Å². The van der Waals surface area contributed by atoms with Crippen LogP contribution in [0.3, 0.4) is 0 Å². The first-order valence-electron chi connectivity index (χ1n) is 3.65. The molecule has 0 saturated heterocycles. The Morgan fingerprint density at radius 3 is 2.23 bits per heavy atom. The first-order valence-corrected chi connectivity index (χ1v) is 4.53. The molecule has 13 heavy (non-hydrogen) atoms. The molecule has 0 saturated carbocycles. The fraction of sp³-hybridized carbons (Fsp3) is 0.714. The van der Waals surface area contributed by atoms with Crippen molar-refractivity contribution in [2.24, 2.45) is 0 Å². The molecule has 4 nitrogen and oxygen atoms in total. The van der Waals surface area contributed by atoms with Gasteiger partial charge in [0.05, 0.1) is 6.61 Å². The van der Waals surface area contributed by atoms with Crippen LogP contribution in [0.2, 0.25) is 0 Å². The Morgan fingerprint density at radius 2 is 1.77 bits per heavy atom. The van der Waals surface area contributed by atoms with Crippen LogP contribution in [0.25, 0.3) is 0 Å². The number of carbonyl (C=O) groups is 2. The van der Waals surface area contributed by atoms with E-state index in [1.807, 2.05) is 0 Å². The minimum absolute atomic E-state index is 0.124. The molecule has 0 aromatic rings. The zero-order valence-electron chi connectivity index (χ0n) is 7.09. The van der Waals surface area contributed by atoms with E-state index in [2.05, 4.69) is 9.47 Å². The standard InChI is InChI=1S/C7H10Cl2O4/c1-2-12-6(10)3-7(11)13-4-5(8)9/h5H,2-4H2,1H3. The van der Waals surface area contributed by atoms with Gasteiger partial charge in [-0.3, -0.25) is 9.59 Å². The number of hydrogen-bond acceptors (Lipinski definition) is 4. The molecule has 0 bridgehead atoms. The molecule has 0 aliphatic carbocycles. The Hall–Kier alpha value is -0.480. The molecule has 0 heterocycles. The topological polar surface area (TPSA) is 52.6 Å². The van der Waals surface area contributed by atoms with Gasteiger partial charge in [0.1, 0.15) is 17.9 Å². The van der Waals surface area contributed by atoms with Crippen molar-refractivity contribution in [3.8, 4) is 0 Å². The van der Waals surface area contributed by atoms with Crippen molar-refractivity contribution in [2.75, 3.05) is 13.2 Å². The minimum atomic E-state index is -0.772. The number of carbonyl (C=O) groups excluding carboxylic acids is 2. The van der Waals surface area contributed by atoms with Gasteiger partial charge in [-0.25, -0.2) is 0 Å². The van der Waals surface area contributed by atoms with E-state index in [0.29, 0.717) is 0 Å². The number of rotatable bonds is 5. The lowest BCUT2D eigenvalue weighted by molar-refractivity contribution is -0.154. The lowest BCUT2D eigenvalue weighted by Gasteiger charge is -2.04. The normalized spacial score (nSPS) is 9.85. The van der Waals surface area contributed by atoms with Crippen molar-refractivity contribution in [1.82, 2.24) is 0 Å². The lowest BCUT2D eigenvalue weighted by atomic mass is 10.4. The summed E-state index contributed by atoms with van der Waals surface area (Å²) in [4.78, 5) is 20.7. The Labute approximate surface area is 86.1 Å². The average molecular weight is 229 g/mol. The summed E-state index contributed by atoms with van der Waals surface area (Å²) >= 11 is 10.6. The Bertz CT molecular complexity index is 181. The van der Waals surface area contributed by atoms with Crippen molar-refractivity contribution in [2.45, 2.75) is 18.2 Å². The van der Waals surface area contributed by atoms with Crippen LogP contribution in [-0.4, -0.2) is 30.0 Å². The van der Waals surface area contributed by atoms with Crippen LogP contribution in [0, 0.1) is 0 Å². The monoisotopic (exact) mass is 228 g/mol. The molecule has 6 heteroatoms. The number of ether oxygens (including phenoxy) is 2. The third-order valence-corrected chi connectivity index (χ3v) is 1.22. The molecule has 0 spiro atoms. The van der Waals surface area contributed by atoms with Gasteiger partial charge in [-0.15, -0.1) is 23.2 Å². The smallest absolute Gasteiger partial charge is 0.317 e. The predicted molar refractivity (Wildman–Crippen MR) is 47.7 cm³/mol. The van der Waals surface area contributed by atoms with E-state index < -0.39 is 23.2 Å². The highest BCUT2D eigenvalue weighted by Crippen LogP contribution is 2.02. The van der Waals surface area contributed by atoms with Crippen LogP contribution in [0.4, 0.5) is 0 Å². The molecule has 0 atom stereocenters. The molecule has 0 fully saturated rings. The average Bonchev–Trinajstić information content (AvgIpc) is 2.01. The summed E-state index contributed by atoms with van der Waals surface area (Å²) < 4.78 is 9.03. The quantitative estimate of drug-likeness (QED) is 0.405. The van der Waals surface area contributed by atoms with E-state index in [9.17, 15) is 9.59 Å². The fourth-order valence-corrected chi connectivity index (χ4v) is 0.663. The molecule has 0 aromatic heterocycles. The molecule has 76 valence electrons. The predicted octanol–water partition coefficient (Wildman–Crippen LogP) is 1.29. The highest BCUT2D eigenvalue weighted by molar-refractivity contribution is 6.44. The van der Waals surface area contributed by atoms with Crippen LogP contribution in [0.15, 0.2) is 0 Å². The van der Waals surface area contributed by atoms with Crippen LogP contribution in [0.5, 0.6) is 0 Å². The first-order chi connectivity index (χ1) is 6.06. The highest BCUT2D eigenvalue weighted by atomic mass is 35.5. The zero-order valence-corrected chi connectivity index (χ0v) is 8.60. The van der Waals surface area contributed by atoms with Gasteiger partial charge in [-0.1, -0.05) is 0 Å². The van der Waals surface area contributed by atoms with Crippen molar-refractivity contribution in [3.63, 3.8) is 0 Å². The van der Waals surface area contributed by atoms with Gasteiger partial charge in [-0.2, -0.15) is 0 Å². The van der Waals surface area contributed by atoms with E-state index in [1.165, 1.54) is 0 Å². The number of hydrogen-bond donors (Lipinski definition) is 0. The maximum Gasteiger partial charge on any atom is 0.317 e. The van der Waals surface area contributed by atoms with Crippen LogP contribution in [-0.2, 0) is 19.1 Å². The SMILES string of the molecule is CCOC(=O)CC(=O)OCC(Cl)Cl. The summed E-state index contributed by atoms with van der Waals surface area (Å²) in [6.07, 6.45) is -0.408. The van der Waals surface area contributed by atoms with E-state index in [4.69, 9.17) is 23.2 Å². The third-order valence-electron chi connectivity index (χ3n) is 0.964. The molecule has 0 aromatic carbocycles. The maximum absolute atomic E-state index is 10.8. The second kappa shape index (κ2) is 6.97. The van der Waals surface area contributed by atoms with Gasteiger partial charge in [0.2, 0.25) is 0 Å². The molecule has 0 N–H and O–H groups in total. The summed E-state index contributed by atoms with van der Waals surface area (Å²) in [6.45, 7) is 1.76. The van der Waals surface area contributed by atoms with Gasteiger partial charge >= 0.3 is 11.9 Å². The van der Waals surface area contributed by atoms with Crippen molar-refractivity contribution < 1.29 is 19.1 Å². The number of alkyl halides is 2. The maximum atomic E-state index is 10.8. The van der Waals surface area contributed by atoms with Crippen LogP contribution < -0.4 is 0 Å². The molecule has 0 aliphatic heterocycles. The molecule has 0 aliphatic rings. The van der Waals surface area contributed by atoms with Crippen molar-refractivity contribution >= 4 is 35.1 Å². The highest BCUT2D eigenvalue weighted by Gasteiger charge is 2.12. The Balaban J connectivity index is 3.56. The zero-order chi connectivity index (χ0) is 10.3. The summed E-state index contributed by atoms with van der Waals surface area (Å²) in [5.41, 5.74) is 0. The number of esters is 2. The van der Waals surface area contributed by atoms with Gasteiger partial charge in [0, 0.05) is 0 Å². The van der Waals surface area contributed by atoms with E-state index in [0.717, 1.165) is 0 Å². The summed E-state index contributed by atoms with van der Waals surface area (Å²) in [6, 6.07) is 0. The summed E-state index contributed by atoms with van der Waals surface area (Å²) in [5.74, 6) is -1.31. The molecule has 0 radical (unpaired) electrons.